The highest BCUT2D eigenvalue weighted by Gasteiger charge is 2.31. The Hall–Kier alpha value is -0.930. The Morgan fingerprint density at radius 3 is 2.72 bits per heavy atom. The maximum absolute atomic E-state index is 13.2. The molecular formula is C14H17ClFNO. The van der Waals surface area contributed by atoms with Crippen LogP contribution in [0.4, 0.5) is 4.39 Å². The van der Waals surface area contributed by atoms with Crippen molar-refractivity contribution in [3.63, 3.8) is 0 Å². The number of carbonyl (C=O) groups is 1. The summed E-state index contributed by atoms with van der Waals surface area (Å²) in [6.07, 6.45) is 4.50. The van der Waals surface area contributed by atoms with E-state index >= 15 is 0 Å². The monoisotopic (exact) mass is 269 g/mol. The summed E-state index contributed by atoms with van der Waals surface area (Å²) in [4.78, 5) is 12.0. The van der Waals surface area contributed by atoms with E-state index in [0.717, 1.165) is 25.7 Å². The zero-order chi connectivity index (χ0) is 13.2. The number of hydrogen-bond acceptors (Lipinski definition) is 2. The van der Waals surface area contributed by atoms with Gasteiger partial charge in [-0.05, 0) is 24.5 Å². The first-order chi connectivity index (χ1) is 8.50. The van der Waals surface area contributed by atoms with Gasteiger partial charge in [-0.2, -0.15) is 0 Å². The van der Waals surface area contributed by atoms with E-state index in [0.29, 0.717) is 12.0 Å². The van der Waals surface area contributed by atoms with Crippen LogP contribution < -0.4 is 5.73 Å². The zero-order valence-electron chi connectivity index (χ0n) is 10.2. The molecule has 2 nitrogen and oxygen atoms in total. The third-order valence-corrected chi connectivity index (χ3v) is 3.99. The van der Waals surface area contributed by atoms with Crippen LogP contribution in [0.2, 0.25) is 5.02 Å². The number of nitrogens with two attached hydrogens (primary N) is 1. The van der Waals surface area contributed by atoms with Crippen LogP contribution in [-0.2, 0) is 11.2 Å². The van der Waals surface area contributed by atoms with Crippen molar-refractivity contribution < 1.29 is 9.18 Å². The highest BCUT2D eigenvalue weighted by Crippen LogP contribution is 2.31. The van der Waals surface area contributed by atoms with Crippen molar-refractivity contribution in [3.05, 3.63) is 34.6 Å². The summed E-state index contributed by atoms with van der Waals surface area (Å²) in [5.74, 6) is -0.447. The molecule has 1 aromatic carbocycles. The molecule has 0 bridgehead atoms. The number of hydrogen-bond donors (Lipinski definition) is 1. The Bertz CT molecular complexity index is 455. The van der Waals surface area contributed by atoms with Gasteiger partial charge in [0.2, 0.25) is 0 Å². The number of benzene rings is 1. The molecule has 98 valence electrons. The molecule has 0 unspecified atom stereocenters. The van der Waals surface area contributed by atoms with E-state index in [9.17, 15) is 9.18 Å². The second kappa shape index (κ2) is 5.37. The summed E-state index contributed by atoms with van der Waals surface area (Å²) in [7, 11) is 0. The third-order valence-electron chi connectivity index (χ3n) is 3.57. The molecule has 18 heavy (non-hydrogen) atoms. The molecule has 1 aliphatic carbocycles. The summed E-state index contributed by atoms with van der Waals surface area (Å²) < 4.78 is 13.2. The second-order valence-corrected chi connectivity index (χ2v) is 5.55. The summed E-state index contributed by atoms with van der Waals surface area (Å²) >= 11 is 5.83. The molecule has 1 fully saturated rings. The third kappa shape index (κ3) is 3.09. The summed E-state index contributed by atoms with van der Waals surface area (Å²) in [6, 6.07) is 4.54. The Morgan fingerprint density at radius 1 is 1.39 bits per heavy atom. The molecule has 0 amide bonds. The van der Waals surface area contributed by atoms with Crippen molar-refractivity contribution in [2.75, 3.05) is 0 Å². The van der Waals surface area contributed by atoms with Gasteiger partial charge in [-0.15, -0.1) is 0 Å². The first kappa shape index (κ1) is 13.5. The summed E-state index contributed by atoms with van der Waals surface area (Å²) in [5.41, 5.74) is 6.35. The molecule has 0 radical (unpaired) electrons. The average molecular weight is 270 g/mol. The van der Waals surface area contributed by atoms with Gasteiger partial charge in [0.15, 0.2) is 0 Å². The van der Waals surface area contributed by atoms with E-state index in [-0.39, 0.29) is 22.8 Å². The fourth-order valence-electron chi connectivity index (χ4n) is 2.61. The van der Waals surface area contributed by atoms with Crippen molar-refractivity contribution in [2.24, 2.45) is 5.73 Å². The molecule has 1 aliphatic rings. The van der Waals surface area contributed by atoms with Crippen molar-refractivity contribution in [1.82, 2.24) is 0 Å². The van der Waals surface area contributed by atoms with Crippen molar-refractivity contribution in [2.45, 2.75) is 44.1 Å². The predicted molar refractivity (Wildman–Crippen MR) is 70.1 cm³/mol. The molecule has 0 atom stereocenters. The Kier molecular flexibility index (Phi) is 4.03. The van der Waals surface area contributed by atoms with Gasteiger partial charge in [-0.3, -0.25) is 4.79 Å². The summed E-state index contributed by atoms with van der Waals surface area (Å²) in [5, 5.41) is 0.0448. The quantitative estimate of drug-likeness (QED) is 0.912. The molecule has 2 rings (SSSR count). The van der Waals surface area contributed by atoms with Crippen molar-refractivity contribution in [3.8, 4) is 0 Å². The van der Waals surface area contributed by atoms with Gasteiger partial charge in [0.25, 0.3) is 0 Å². The number of ketones is 1. The minimum absolute atomic E-state index is 0.0342. The fourth-order valence-corrected chi connectivity index (χ4v) is 2.80. The van der Waals surface area contributed by atoms with Crippen LogP contribution in [0.5, 0.6) is 0 Å². The molecule has 4 heteroatoms. The molecule has 0 heterocycles. The topological polar surface area (TPSA) is 43.1 Å². The van der Waals surface area contributed by atoms with Crippen LogP contribution in [0, 0.1) is 5.82 Å². The Balaban J connectivity index is 2.01. The Morgan fingerprint density at radius 2 is 2.06 bits per heavy atom. The van der Waals surface area contributed by atoms with Gasteiger partial charge in [0.1, 0.15) is 11.6 Å². The van der Waals surface area contributed by atoms with Gasteiger partial charge in [0.05, 0.1) is 5.02 Å². The highest BCUT2D eigenvalue weighted by atomic mass is 35.5. The minimum atomic E-state index is -0.481. The number of rotatable bonds is 4. The maximum Gasteiger partial charge on any atom is 0.142 e. The van der Waals surface area contributed by atoms with E-state index in [2.05, 4.69) is 0 Å². The van der Waals surface area contributed by atoms with Gasteiger partial charge in [0, 0.05) is 18.4 Å². The minimum Gasteiger partial charge on any atom is -0.325 e. The molecule has 1 saturated carbocycles. The van der Waals surface area contributed by atoms with E-state index in [1.165, 1.54) is 6.07 Å². The van der Waals surface area contributed by atoms with Gasteiger partial charge in [-0.25, -0.2) is 4.39 Å². The highest BCUT2D eigenvalue weighted by molar-refractivity contribution is 6.31. The molecule has 0 aromatic heterocycles. The van der Waals surface area contributed by atoms with Crippen LogP contribution in [0.3, 0.4) is 0 Å². The predicted octanol–water partition coefficient (Wildman–Crippen LogP) is 3.25. The second-order valence-electron chi connectivity index (χ2n) is 5.17. The maximum atomic E-state index is 13.2. The number of Topliss-reactive ketones (excluding diaryl/α,β-unsaturated/α-hetero) is 1. The molecule has 0 aliphatic heterocycles. The van der Waals surface area contributed by atoms with Crippen LogP contribution in [0.1, 0.15) is 37.7 Å². The lowest BCUT2D eigenvalue weighted by atomic mass is 9.90. The first-order valence-corrected chi connectivity index (χ1v) is 6.61. The van der Waals surface area contributed by atoms with Gasteiger partial charge >= 0.3 is 0 Å². The smallest absolute Gasteiger partial charge is 0.142 e. The lowest BCUT2D eigenvalue weighted by Crippen LogP contribution is -2.39. The van der Waals surface area contributed by atoms with Gasteiger partial charge < -0.3 is 5.73 Å². The average Bonchev–Trinajstić information content (AvgIpc) is 2.71. The first-order valence-electron chi connectivity index (χ1n) is 6.24. The number of halogens is 2. The molecule has 0 spiro atoms. The van der Waals surface area contributed by atoms with Crippen LogP contribution >= 0.6 is 11.6 Å². The lowest BCUT2D eigenvalue weighted by Gasteiger charge is -2.22. The van der Waals surface area contributed by atoms with Gasteiger partial charge in [-0.1, -0.05) is 36.6 Å². The van der Waals surface area contributed by atoms with E-state index < -0.39 is 5.82 Å². The normalized spacial score (nSPS) is 17.9. The fraction of sp³-hybridized carbons (Fsp3) is 0.500. The van der Waals surface area contributed by atoms with Crippen LogP contribution in [0.25, 0.3) is 0 Å². The Labute approximate surface area is 111 Å². The van der Waals surface area contributed by atoms with Crippen molar-refractivity contribution >= 4 is 17.4 Å². The molecule has 0 saturated heterocycles. The van der Waals surface area contributed by atoms with Crippen LogP contribution in [0.15, 0.2) is 18.2 Å². The standard InChI is InChI=1S/C14H17ClFNO/c15-13-10(4-3-5-12(13)16)8-11(18)9-14(17)6-1-2-7-14/h3-5H,1-2,6-9,17H2. The lowest BCUT2D eigenvalue weighted by molar-refractivity contribution is -0.119. The van der Waals surface area contributed by atoms with E-state index in [4.69, 9.17) is 17.3 Å². The molecule has 2 N–H and O–H groups in total. The van der Waals surface area contributed by atoms with E-state index in [1.54, 1.807) is 12.1 Å². The SMILES string of the molecule is NC1(CC(=O)Cc2cccc(F)c2Cl)CCCC1. The number of carbonyl (C=O) groups excluding carboxylic acids is 1. The van der Waals surface area contributed by atoms with Crippen molar-refractivity contribution in [1.29, 1.82) is 0 Å². The summed E-state index contributed by atoms with van der Waals surface area (Å²) in [6.45, 7) is 0. The zero-order valence-corrected chi connectivity index (χ0v) is 11.0. The molecular weight excluding hydrogens is 253 g/mol. The van der Waals surface area contributed by atoms with E-state index in [1.807, 2.05) is 0 Å². The van der Waals surface area contributed by atoms with Crippen LogP contribution in [-0.4, -0.2) is 11.3 Å². The largest absolute Gasteiger partial charge is 0.325 e. The molecule has 1 aromatic rings.